The van der Waals surface area contributed by atoms with E-state index in [4.69, 9.17) is 0 Å². The number of alkyl halides is 3. The normalized spacial score (nSPS) is 15.4. The molecule has 2 aromatic rings. The zero-order chi connectivity index (χ0) is 27.8. The van der Waals surface area contributed by atoms with Crippen molar-refractivity contribution in [2.24, 2.45) is 5.92 Å². The highest BCUT2D eigenvalue weighted by molar-refractivity contribution is 7.89. The molecule has 0 bridgehead atoms. The van der Waals surface area contributed by atoms with Crippen LogP contribution in [-0.4, -0.2) is 48.5 Å². The van der Waals surface area contributed by atoms with Crippen LogP contribution < -0.4 is 14.8 Å². The molecule has 1 aliphatic carbocycles. The number of hydrogen-bond acceptors (Lipinski definition) is 7. The summed E-state index contributed by atoms with van der Waals surface area (Å²) < 4.78 is 72.4. The number of ether oxygens (including phenoxy) is 1. The van der Waals surface area contributed by atoms with Gasteiger partial charge in [0, 0.05) is 23.7 Å². The molecule has 0 radical (unpaired) electrons. The monoisotopic (exact) mass is 563 g/mol. The van der Waals surface area contributed by atoms with Crippen LogP contribution in [0.1, 0.15) is 69.4 Å². The summed E-state index contributed by atoms with van der Waals surface area (Å²) in [6.45, 7) is 7.83. The molecular weight excluding hydrogens is 531 g/mol. The Bertz CT molecular complexity index is 1240. The SMILES string of the molecule is CC(C)(O)CNC(=O)c1nc(CC2CCC2)c(-c2ccc(S(=O)(=O)NC(C)(C)C)cc2OC(F)(F)F)s1. The standard InChI is InChI=1S/C24H32F3N3O5S2/c1-22(2,3)30-37(33,34)15-9-10-16(18(12-15)35-24(25,26)27)19-17(11-14-7-6-8-14)29-21(36-19)20(31)28-13-23(4,5)32/h9-10,12,14,30,32H,6-8,11,13H2,1-5H3,(H,28,31). The van der Waals surface area contributed by atoms with E-state index in [2.05, 4.69) is 19.8 Å². The van der Waals surface area contributed by atoms with Crippen LogP contribution in [-0.2, 0) is 16.4 Å². The molecule has 3 N–H and O–H groups in total. The summed E-state index contributed by atoms with van der Waals surface area (Å²) in [6, 6.07) is 3.28. The quantitative estimate of drug-likeness (QED) is 0.410. The van der Waals surface area contributed by atoms with Gasteiger partial charge in [0.2, 0.25) is 10.0 Å². The second-order valence-corrected chi connectivity index (χ2v) is 13.5. The zero-order valence-corrected chi connectivity index (χ0v) is 23.0. The molecule has 0 atom stereocenters. The number of thiazole rings is 1. The van der Waals surface area contributed by atoms with Gasteiger partial charge < -0.3 is 15.2 Å². The first-order valence-corrected chi connectivity index (χ1v) is 14.1. The highest BCUT2D eigenvalue weighted by Crippen LogP contribution is 2.42. The average Bonchev–Trinajstić information content (AvgIpc) is 3.09. The van der Waals surface area contributed by atoms with Gasteiger partial charge in [-0.3, -0.25) is 4.79 Å². The Morgan fingerprint density at radius 1 is 1.19 bits per heavy atom. The maximum Gasteiger partial charge on any atom is 0.573 e. The summed E-state index contributed by atoms with van der Waals surface area (Å²) in [5, 5.41) is 12.5. The number of carbonyl (C=O) groups is 1. The minimum absolute atomic E-state index is 0.0135. The van der Waals surface area contributed by atoms with Crippen molar-refractivity contribution in [3.05, 3.63) is 28.9 Å². The molecule has 8 nitrogen and oxygen atoms in total. The van der Waals surface area contributed by atoms with Gasteiger partial charge in [-0.1, -0.05) is 19.3 Å². The van der Waals surface area contributed by atoms with E-state index in [0.717, 1.165) is 36.7 Å². The van der Waals surface area contributed by atoms with Crippen molar-refractivity contribution < 1.29 is 36.2 Å². The zero-order valence-electron chi connectivity index (χ0n) is 21.3. The van der Waals surface area contributed by atoms with Crippen LogP contribution in [0.15, 0.2) is 23.1 Å². The third-order valence-corrected chi connectivity index (χ3v) is 8.34. The lowest BCUT2D eigenvalue weighted by Crippen LogP contribution is -2.40. The van der Waals surface area contributed by atoms with Crippen LogP contribution in [0.3, 0.4) is 0 Å². The molecule has 1 aromatic carbocycles. The number of aromatic nitrogens is 1. The van der Waals surface area contributed by atoms with Gasteiger partial charge in [-0.25, -0.2) is 18.1 Å². The van der Waals surface area contributed by atoms with E-state index in [1.165, 1.54) is 26.0 Å². The molecule has 206 valence electrons. The number of halogens is 3. The first kappa shape index (κ1) is 29.3. The Morgan fingerprint density at radius 2 is 1.84 bits per heavy atom. The van der Waals surface area contributed by atoms with E-state index in [1.54, 1.807) is 20.8 Å². The number of aliphatic hydroxyl groups is 1. The van der Waals surface area contributed by atoms with Crippen LogP contribution in [0, 0.1) is 5.92 Å². The van der Waals surface area contributed by atoms with Gasteiger partial charge in [0.05, 0.1) is 21.1 Å². The highest BCUT2D eigenvalue weighted by Gasteiger charge is 2.35. The van der Waals surface area contributed by atoms with Crippen molar-refractivity contribution >= 4 is 27.3 Å². The second kappa shape index (κ2) is 10.5. The highest BCUT2D eigenvalue weighted by atomic mass is 32.2. The van der Waals surface area contributed by atoms with E-state index >= 15 is 0 Å². The molecule has 1 aliphatic rings. The number of hydrogen-bond donors (Lipinski definition) is 3. The fourth-order valence-electron chi connectivity index (χ4n) is 3.67. The molecule has 0 aliphatic heterocycles. The van der Waals surface area contributed by atoms with Crippen LogP contribution in [0.25, 0.3) is 10.4 Å². The van der Waals surface area contributed by atoms with Crippen molar-refractivity contribution in [2.75, 3.05) is 6.54 Å². The maximum atomic E-state index is 13.4. The molecule has 1 fully saturated rings. The van der Waals surface area contributed by atoms with E-state index < -0.39 is 44.1 Å². The summed E-state index contributed by atoms with van der Waals surface area (Å²) in [5.74, 6) is -0.984. The Hall–Kier alpha value is -2.22. The summed E-state index contributed by atoms with van der Waals surface area (Å²) in [7, 11) is -4.15. The lowest BCUT2D eigenvalue weighted by Gasteiger charge is -2.25. The molecule has 0 spiro atoms. The molecule has 0 saturated heterocycles. The van der Waals surface area contributed by atoms with E-state index in [9.17, 15) is 31.5 Å². The minimum Gasteiger partial charge on any atom is -0.405 e. The number of nitrogens with one attached hydrogen (secondary N) is 2. The van der Waals surface area contributed by atoms with Crippen molar-refractivity contribution in [3.63, 3.8) is 0 Å². The molecule has 1 saturated carbocycles. The van der Waals surface area contributed by atoms with Gasteiger partial charge in [0.15, 0.2) is 5.01 Å². The van der Waals surface area contributed by atoms with Crippen molar-refractivity contribution in [3.8, 4) is 16.2 Å². The fraction of sp³-hybridized carbons (Fsp3) is 0.583. The first-order chi connectivity index (χ1) is 16.8. The molecular formula is C24H32F3N3O5S2. The molecule has 13 heteroatoms. The van der Waals surface area contributed by atoms with E-state index in [-0.39, 0.29) is 23.0 Å². The molecule has 1 heterocycles. The van der Waals surface area contributed by atoms with Crippen molar-refractivity contribution in [1.29, 1.82) is 0 Å². The van der Waals surface area contributed by atoms with Crippen molar-refractivity contribution in [2.45, 2.75) is 82.7 Å². The Balaban J connectivity index is 2.09. The molecule has 1 amide bonds. The minimum atomic E-state index is -5.08. The number of benzene rings is 1. The van der Waals surface area contributed by atoms with Gasteiger partial charge in [0.25, 0.3) is 5.91 Å². The number of amides is 1. The van der Waals surface area contributed by atoms with Gasteiger partial charge >= 0.3 is 6.36 Å². The lowest BCUT2D eigenvalue weighted by molar-refractivity contribution is -0.274. The molecule has 0 unspecified atom stereocenters. The number of rotatable bonds is 9. The largest absolute Gasteiger partial charge is 0.573 e. The Kier molecular flexibility index (Phi) is 8.33. The fourth-order valence-corrected chi connectivity index (χ4v) is 6.14. The molecule has 3 rings (SSSR count). The van der Waals surface area contributed by atoms with E-state index in [1.807, 2.05) is 0 Å². The molecule has 37 heavy (non-hydrogen) atoms. The third kappa shape index (κ3) is 8.39. The molecule has 1 aromatic heterocycles. The predicted octanol–water partition coefficient (Wildman–Crippen LogP) is 4.63. The lowest BCUT2D eigenvalue weighted by atomic mass is 9.82. The topological polar surface area (TPSA) is 118 Å². The van der Waals surface area contributed by atoms with Crippen LogP contribution >= 0.6 is 11.3 Å². The van der Waals surface area contributed by atoms with Crippen LogP contribution in [0.4, 0.5) is 13.2 Å². The van der Waals surface area contributed by atoms with Crippen molar-refractivity contribution in [1.82, 2.24) is 15.0 Å². The summed E-state index contributed by atoms with van der Waals surface area (Å²) in [4.78, 5) is 17.0. The Morgan fingerprint density at radius 3 is 2.35 bits per heavy atom. The average molecular weight is 564 g/mol. The predicted molar refractivity (Wildman–Crippen MR) is 134 cm³/mol. The smallest absolute Gasteiger partial charge is 0.405 e. The van der Waals surface area contributed by atoms with Crippen LogP contribution in [0.5, 0.6) is 5.75 Å². The Labute approximate surface area is 218 Å². The summed E-state index contributed by atoms with van der Waals surface area (Å²) >= 11 is 0.894. The van der Waals surface area contributed by atoms with E-state index in [0.29, 0.717) is 17.0 Å². The van der Waals surface area contributed by atoms with Crippen LogP contribution in [0.2, 0.25) is 0 Å². The van der Waals surface area contributed by atoms with Gasteiger partial charge in [-0.15, -0.1) is 24.5 Å². The second-order valence-electron chi connectivity index (χ2n) is 10.9. The summed E-state index contributed by atoms with van der Waals surface area (Å²) in [5.41, 5.74) is -1.60. The third-order valence-electron chi connectivity index (χ3n) is 5.45. The van der Waals surface area contributed by atoms with Gasteiger partial charge in [-0.2, -0.15) is 0 Å². The number of sulfonamides is 1. The van der Waals surface area contributed by atoms with Gasteiger partial charge in [0.1, 0.15) is 5.75 Å². The van der Waals surface area contributed by atoms with Gasteiger partial charge in [-0.05, 0) is 59.1 Å². The maximum absolute atomic E-state index is 13.4. The first-order valence-electron chi connectivity index (χ1n) is 11.8. The number of carbonyl (C=O) groups excluding carboxylic acids is 1. The number of nitrogens with zero attached hydrogens (tertiary/aromatic N) is 1. The summed E-state index contributed by atoms with van der Waals surface area (Å²) in [6.07, 6.45) is -1.70.